The SMILES string of the molecule is COc1ccc2c(c1)C1CC=NN1C(=S)N2. The molecule has 1 unspecified atom stereocenters. The van der Waals surface area contributed by atoms with Gasteiger partial charge < -0.3 is 10.1 Å². The molecule has 1 N–H and O–H groups in total. The first-order valence-electron chi connectivity index (χ1n) is 5.10. The third-order valence-electron chi connectivity index (χ3n) is 2.90. The van der Waals surface area contributed by atoms with Crippen LogP contribution in [-0.2, 0) is 0 Å². The predicted octanol–water partition coefficient (Wildman–Crippen LogP) is 2.14. The van der Waals surface area contributed by atoms with Crippen molar-refractivity contribution in [2.75, 3.05) is 12.4 Å². The van der Waals surface area contributed by atoms with E-state index in [1.54, 1.807) is 7.11 Å². The summed E-state index contributed by atoms with van der Waals surface area (Å²) in [6.45, 7) is 0. The lowest BCUT2D eigenvalue weighted by atomic mass is 10.0. The number of hydrogen-bond acceptors (Lipinski definition) is 3. The van der Waals surface area contributed by atoms with Crippen molar-refractivity contribution in [1.29, 1.82) is 0 Å². The molecule has 0 spiro atoms. The van der Waals surface area contributed by atoms with E-state index in [2.05, 4.69) is 10.4 Å². The zero-order valence-corrected chi connectivity index (χ0v) is 9.62. The lowest BCUT2D eigenvalue weighted by Gasteiger charge is -2.32. The molecule has 0 aliphatic carbocycles. The van der Waals surface area contributed by atoms with Crippen molar-refractivity contribution in [3.05, 3.63) is 23.8 Å². The average molecular weight is 233 g/mol. The summed E-state index contributed by atoms with van der Waals surface area (Å²) in [4.78, 5) is 0. The van der Waals surface area contributed by atoms with Gasteiger partial charge >= 0.3 is 0 Å². The van der Waals surface area contributed by atoms with E-state index < -0.39 is 0 Å². The molecule has 2 aliphatic rings. The topological polar surface area (TPSA) is 36.9 Å². The lowest BCUT2D eigenvalue weighted by molar-refractivity contribution is 0.366. The number of hydrogen-bond donors (Lipinski definition) is 1. The number of thiocarbonyl (C=S) groups is 1. The normalized spacial score (nSPS) is 21.4. The van der Waals surface area contributed by atoms with Crippen LogP contribution in [0.4, 0.5) is 5.69 Å². The quantitative estimate of drug-likeness (QED) is 0.754. The van der Waals surface area contributed by atoms with Gasteiger partial charge in [0.1, 0.15) is 5.75 Å². The second kappa shape index (κ2) is 3.45. The summed E-state index contributed by atoms with van der Waals surface area (Å²) in [5, 5.41) is 9.94. The molecule has 0 bridgehead atoms. The molecule has 0 fully saturated rings. The van der Waals surface area contributed by atoms with Gasteiger partial charge in [-0.3, -0.25) is 0 Å². The molecule has 16 heavy (non-hydrogen) atoms. The molecule has 1 atom stereocenters. The number of ether oxygens (including phenoxy) is 1. The zero-order chi connectivity index (χ0) is 11.1. The highest BCUT2D eigenvalue weighted by atomic mass is 32.1. The van der Waals surface area contributed by atoms with E-state index in [9.17, 15) is 0 Å². The van der Waals surface area contributed by atoms with Crippen LogP contribution in [0.1, 0.15) is 18.0 Å². The maximum Gasteiger partial charge on any atom is 0.194 e. The Morgan fingerprint density at radius 3 is 3.25 bits per heavy atom. The van der Waals surface area contributed by atoms with Crippen LogP contribution in [0.25, 0.3) is 0 Å². The summed E-state index contributed by atoms with van der Waals surface area (Å²) in [5.74, 6) is 0.861. The van der Waals surface area contributed by atoms with Crippen LogP contribution in [0.3, 0.4) is 0 Å². The molecule has 0 amide bonds. The standard InChI is InChI=1S/C11H11N3OS/c1-15-7-2-3-9-8(6-7)10-4-5-12-14(10)11(16)13-9/h2-3,5-6,10H,4H2,1H3,(H,13,16). The fourth-order valence-electron chi connectivity index (χ4n) is 2.10. The Morgan fingerprint density at radius 1 is 1.56 bits per heavy atom. The van der Waals surface area contributed by atoms with Crippen LogP contribution in [0.2, 0.25) is 0 Å². The molecule has 2 aliphatic heterocycles. The molecular formula is C11H11N3OS. The number of nitrogens with one attached hydrogen (secondary N) is 1. The summed E-state index contributed by atoms with van der Waals surface area (Å²) in [6.07, 6.45) is 2.79. The van der Waals surface area contributed by atoms with Crippen LogP contribution >= 0.6 is 12.2 Å². The molecule has 4 nitrogen and oxygen atoms in total. The Kier molecular flexibility index (Phi) is 2.07. The van der Waals surface area contributed by atoms with Gasteiger partial charge in [0.2, 0.25) is 0 Å². The van der Waals surface area contributed by atoms with Gasteiger partial charge in [-0.05, 0) is 30.4 Å². The second-order valence-electron chi connectivity index (χ2n) is 3.78. The minimum atomic E-state index is 0.221. The van der Waals surface area contributed by atoms with Crippen LogP contribution < -0.4 is 10.1 Å². The van der Waals surface area contributed by atoms with E-state index in [0.717, 1.165) is 17.9 Å². The number of fused-ring (bicyclic) bond motifs is 3. The first-order chi connectivity index (χ1) is 7.79. The van der Waals surface area contributed by atoms with E-state index in [1.165, 1.54) is 5.56 Å². The Balaban J connectivity index is 2.09. The molecule has 0 aromatic heterocycles. The first kappa shape index (κ1) is 9.59. The molecule has 3 rings (SSSR count). The van der Waals surface area contributed by atoms with Crippen molar-refractivity contribution in [2.45, 2.75) is 12.5 Å². The summed E-state index contributed by atoms with van der Waals surface area (Å²) < 4.78 is 5.24. The van der Waals surface area contributed by atoms with E-state index >= 15 is 0 Å². The summed E-state index contributed by atoms with van der Waals surface area (Å²) >= 11 is 5.25. The van der Waals surface area contributed by atoms with Gasteiger partial charge in [-0.2, -0.15) is 5.10 Å². The third-order valence-corrected chi connectivity index (χ3v) is 3.19. The molecule has 0 saturated heterocycles. The van der Waals surface area contributed by atoms with Gasteiger partial charge in [-0.25, -0.2) is 5.01 Å². The molecule has 1 aromatic rings. The van der Waals surface area contributed by atoms with Crippen molar-refractivity contribution in [3.8, 4) is 5.75 Å². The zero-order valence-electron chi connectivity index (χ0n) is 8.80. The van der Waals surface area contributed by atoms with Crippen molar-refractivity contribution in [2.24, 2.45) is 5.10 Å². The minimum Gasteiger partial charge on any atom is -0.497 e. The third kappa shape index (κ3) is 1.28. The molecule has 0 saturated carbocycles. The largest absolute Gasteiger partial charge is 0.497 e. The number of benzene rings is 1. The maximum atomic E-state index is 5.25. The van der Waals surface area contributed by atoms with Crippen LogP contribution in [0.5, 0.6) is 5.75 Å². The fraction of sp³-hybridized carbons (Fsp3) is 0.273. The minimum absolute atomic E-state index is 0.221. The molecule has 0 radical (unpaired) electrons. The first-order valence-corrected chi connectivity index (χ1v) is 5.51. The van der Waals surface area contributed by atoms with Crippen molar-refractivity contribution in [3.63, 3.8) is 0 Å². The number of rotatable bonds is 1. The van der Waals surface area contributed by atoms with Crippen LogP contribution in [-0.4, -0.2) is 23.4 Å². The van der Waals surface area contributed by atoms with E-state index in [-0.39, 0.29) is 6.04 Å². The van der Waals surface area contributed by atoms with Crippen LogP contribution in [0, 0.1) is 0 Å². The van der Waals surface area contributed by atoms with E-state index in [4.69, 9.17) is 17.0 Å². The molecule has 82 valence electrons. The molecular weight excluding hydrogens is 222 g/mol. The van der Waals surface area contributed by atoms with E-state index in [0.29, 0.717) is 5.11 Å². The lowest BCUT2D eigenvalue weighted by Crippen LogP contribution is -2.36. The number of anilines is 1. The van der Waals surface area contributed by atoms with Crippen molar-refractivity contribution in [1.82, 2.24) is 5.01 Å². The summed E-state index contributed by atoms with van der Waals surface area (Å²) in [6, 6.07) is 6.19. The van der Waals surface area contributed by atoms with Gasteiger partial charge in [0.05, 0.1) is 13.2 Å². The molecule has 1 aromatic carbocycles. The highest BCUT2D eigenvalue weighted by molar-refractivity contribution is 7.80. The van der Waals surface area contributed by atoms with Crippen molar-refractivity contribution >= 4 is 29.2 Å². The van der Waals surface area contributed by atoms with Crippen molar-refractivity contribution < 1.29 is 4.74 Å². The Bertz CT molecular complexity index is 486. The van der Waals surface area contributed by atoms with Gasteiger partial charge in [0.15, 0.2) is 5.11 Å². The van der Waals surface area contributed by atoms with Gasteiger partial charge in [-0.15, -0.1) is 0 Å². The molecule has 5 heteroatoms. The highest BCUT2D eigenvalue weighted by Gasteiger charge is 2.32. The highest BCUT2D eigenvalue weighted by Crippen LogP contribution is 2.39. The predicted molar refractivity (Wildman–Crippen MR) is 66.9 cm³/mol. The Labute approximate surface area is 98.9 Å². The maximum absolute atomic E-state index is 5.25. The number of hydrazone groups is 1. The summed E-state index contributed by atoms with van der Waals surface area (Å²) in [5.41, 5.74) is 2.24. The smallest absolute Gasteiger partial charge is 0.194 e. The Morgan fingerprint density at radius 2 is 2.44 bits per heavy atom. The number of nitrogens with zero attached hydrogens (tertiary/aromatic N) is 2. The number of methoxy groups -OCH3 is 1. The van der Waals surface area contributed by atoms with Gasteiger partial charge in [0, 0.05) is 23.9 Å². The van der Waals surface area contributed by atoms with Gasteiger partial charge in [0.25, 0.3) is 0 Å². The molecule has 2 heterocycles. The van der Waals surface area contributed by atoms with Crippen LogP contribution in [0.15, 0.2) is 23.3 Å². The summed E-state index contributed by atoms with van der Waals surface area (Å²) in [7, 11) is 1.67. The van der Waals surface area contributed by atoms with E-state index in [1.807, 2.05) is 29.4 Å². The average Bonchev–Trinajstić information content (AvgIpc) is 2.78. The monoisotopic (exact) mass is 233 g/mol. The fourth-order valence-corrected chi connectivity index (χ4v) is 2.38. The second-order valence-corrected chi connectivity index (χ2v) is 4.16. The van der Waals surface area contributed by atoms with Gasteiger partial charge in [-0.1, -0.05) is 0 Å². The Hall–Kier alpha value is -1.62.